The van der Waals surface area contributed by atoms with Crippen molar-refractivity contribution in [3.63, 3.8) is 0 Å². The normalized spacial score (nSPS) is 12.3. The zero-order valence-corrected chi connectivity index (χ0v) is 13.0. The third kappa shape index (κ3) is 3.48. The summed E-state index contributed by atoms with van der Waals surface area (Å²) in [4.78, 5) is 0. The second-order valence-corrected chi connectivity index (χ2v) is 5.78. The maximum absolute atomic E-state index is 13.0. The second kappa shape index (κ2) is 5.93. The van der Waals surface area contributed by atoms with Crippen molar-refractivity contribution in [1.29, 1.82) is 0 Å². The summed E-state index contributed by atoms with van der Waals surface area (Å²) < 4.78 is 14.0. The molecular formula is C15H14BrClFN. The van der Waals surface area contributed by atoms with Crippen LogP contribution in [0.3, 0.4) is 0 Å². The van der Waals surface area contributed by atoms with Crippen LogP contribution in [0.5, 0.6) is 0 Å². The summed E-state index contributed by atoms with van der Waals surface area (Å²) in [7, 11) is 0. The molecule has 2 aromatic rings. The first-order valence-corrected chi connectivity index (χ1v) is 7.12. The molecule has 100 valence electrons. The average molecular weight is 343 g/mol. The van der Waals surface area contributed by atoms with E-state index in [-0.39, 0.29) is 11.9 Å². The van der Waals surface area contributed by atoms with E-state index in [0.29, 0.717) is 5.02 Å². The number of nitrogens with one attached hydrogen (secondary N) is 1. The smallest absolute Gasteiger partial charge is 0.124 e. The predicted octanol–water partition coefficient (Wildman–Crippen LogP) is 5.72. The van der Waals surface area contributed by atoms with E-state index in [1.54, 1.807) is 6.07 Å². The van der Waals surface area contributed by atoms with E-state index in [0.717, 1.165) is 15.7 Å². The van der Waals surface area contributed by atoms with Crippen LogP contribution in [0.2, 0.25) is 5.02 Å². The summed E-state index contributed by atoms with van der Waals surface area (Å²) in [6, 6.07) is 10.5. The van der Waals surface area contributed by atoms with Crippen molar-refractivity contribution in [2.24, 2.45) is 0 Å². The van der Waals surface area contributed by atoms with Crippen molar-refractivity contribution in [3.8, 4) is 0 Å². The number of rotatable bonds is 3. The van der Waals surface area contributed by atoms with Gasteiger partial charge in [-0.1, -0.05) is 23.7 Å². The summed E-state index contributed by atoms with van der Waals surface area (Å²) in [5, 5.41) is 3.79. The van der Waals surface area contributed by atoms with Crippen molar-refractivity contribution in [2.75, 3.05) is 5.32 Å². The van der Waals surface area contributed by atoms with Gasteiger partial charge < -0.3 is 5.32 Å². The van der Waals surface area contributed by atoms with Crippen LogP contribution in [-0.2, 0) is 0 Å². The number of anilines is 1. The van der Waals surface area contributed by atoms with Gasteiger partial charge in [0, 0.05) is 15.2 Å². The van der Waals surface area contributed by atoms with Gasteiger partial charge in [-0.15, -0.1) is 0 Å². The van der Waals surface area contributed by atoms with E-state index in [1.165, 1.54) is 17.7 Å². The maximum atomic E-state index is 13.0. The van der Waals surface area contributed by atoms with Gasteiger partial charge in [0.2, 0.25) is 0 Å². The molecule has 1 unspecified atom stereocenters. The lowest BCUT2D eigenvalue weighted by molar-refractivity contribution is 0.626. The van der Waals surface area contributed by atoms with Crippen LogP contribution in [-0.4, -0.2) is 0 Å². The second-order valence-electron chi connectivity index (χ2n) is 4.52. The molecule has 0 heterocycles. The Kier molecular flexibility index (Phi) is 4.48. The van der Waals surface area contributed by atoms with Gasteiger partial charge in [0.05, 0.1) is 6.04 Å². The highest BCUT2D eigenvalue weighted by Crippen LogP contribution is 2.30. The zero-order chi connectivity index (χ0) is 14.0. The quantitative estimate of drug-likeness (QED) is 0.752. The van der Waals surface area contributed by atoms with Gasteiger partial charge in [0.15, 0.2) is 0 Å². The van der Waals surface area contributed by atoms with Crippen LogP contribution < -0.4 is 5.32 Å². The molecule has 0 aromatic heterocycles. The van der Waals surface area contributed by atoms with Gasteiger partial charge in [-0.2, -0.15) is 0 Å². The van der Waals surface area contributed by atoms with Gasteiger partial charge >= 0.3 is 0 Å². The highest BCUT2D eigenvalue weighted by atomic mass is 79.9. The molecule has 1 atom stereocenters. The Morgan fingerprint density at radius 2 is 1.95 bits per heavy atom. The summed E-state index contributed by atoms with van der Waals surface area (Å²) >= 11 is 9.59. The predicted molar refractivity (Wildman–Crippen MR) is 82.3 cm³/mol. The molecule has 0 saturated carbocycles. The molecule has 1 nitrogen and oxygen atoms in total. The molecule has 2 rings (SSSR count). The van der Waals surface area contributed by atoms with E-state index in [1.807, 2.05) is 32.0 Å². The minimum Gasteiger partial charge on any atom is -0.378 e. The van der Waals surface area contributed by atoms with Gasteiger partial charge in [-0.25, -0.2) is 4.39 Å². The minimum absolute atomic E-state index is 0.00731. The summed E-state index contributed by atoms with van der Waals surface area (Å²) in [5.74, 6) is -0.322. The summed E-state index contributed by atoms with van der Waals surface area (Å²) in [5.41, 5.74) is 3.04. The molecule has 0 radical (unpaired) electrons. The molecular weight excluding hydrogens is 329 g/mol. The van der Waals surface area contributed by atoms with E-state index in [4.69, 9.17) is 11.6 Å². The van der Waals surface area contributed by atoms with Crippen molar-refractivity contribution in [1.82, 2.24) is 0 Å². The molecule has 1 N–H and O–H groups in total. The highest BCUT2D eigenvalue weighted by molar-refractivity contribution is 9.10. The zero-order valence-electron chi connectivity index (χ0n) is 10.7. The van der Waals surface area contributed by atoms with E-state index in [2.05, 4.69) is 21.2 Å². The van der Waals surface area contributed by atoms with Crippen LogP contribution in [0, 0.1) is 12.7 Å². The molecule has 0 bridgehead atoms. The van der Waals surface area contributed by atoms with Crippen LogP contribution in [0.4, 0.5) is 10.1 Å². The molecule has 4 heteroatoms. The SMILES string of the molecule is Cc1ccc(NC(C)c2ccc(F)cc2Cl)c(Br)c1. The number of hydrogen-bond acceptors (Lipinski definition) is 1. The first-order valence-electron chi connectivity index (χ1n) is 5.95. The third-order valence-electron chi connectivity index (χ3n) is 2.93. The molecule has 0 fully saturated rings. The standard InChI is InChI=1S/C15H14BrClFN/c1-9-3-6-15(13(16)7-9)19-10(2)12-5-4-11(18)8-14(12)17/h3-8,10,19H,1-2H3. The van der Waals surface area contributed by atoms with Crippen molar-refractivity contribution in [2.45, 2.75) is 19.9 Å². The van der Waals surface area contributed by atoms with Gasteiger partial charge in [-0.3, -0.25) is 0 Å². The molecule has 0 spiro atoms. The van der Waals surface area contributed by atoms with Gasteiger partial charge in [0.1, 0.15) is 5.82 Å². The lowest BCUT2D eigenvalue weighted by Gasteiger charge is -2.18. The van der Waals surface area contributed by atoms with Crippen LogP contribution in [0.15, 0.2) is 40.9 Å². The molecule has 0 amide bonds. The third-order valence-corrected chi connectivity index (χ3v) is 3.91. The Hall–Kier alpha value is -1.06. The number of halogens is 3. The maximum Gasteiger partial charge on any atom is 0.124 e. The summed E-state index contributed by atoms with van der Waals surface area (Å²) in [6.07, 6.45) is 0. The lowest BCUT2D eigenvalue weighted by atomic mass is 10.1. The highest BCUT2D eigenvalue weighted by Gasteiger charge is 2.11. The van der Waals surface area contributed by atoms with Gasteiger partial charge in [0.25, 0.3) is 0 Å². The van der Waals surface area contributed by atoms with Crippen molar-refractivity contribution >= 4 is 33.2 Å². The average Bonchev–Trinajstić information content (AvgIpc) is 2.32. The first kappa shape index (κ1) is 14.4. The number of hydrogen-bond donors (Lipinski definition) is 1. The molecule has 0 aliphatic rings. The molecule has 19 heavy (non-hydrogen) atoms. The molecule has 0 aliphatic carbocycles. The van der Waals surface area contributed by atoms with Crippen molar-refractivity contribution < 1.29 is 4.39 Å². The van der Waals surface area contributed by atoms with E-state index >= 15 is 0 Å². The monoisotopic (exact) mass is 341 g/mol. The van der Waals surface area contributed by atoms with Crippen LogP contribution in [0.1, 0.15) is 24.1 Å². The largest absolute Gasteiger partial charge is 0.378 e. The first-order chi connectivity index (χ1) is 8.97. The van der Waals surface area contributed by atoms with Gasteiger partial charge in [-0.05, 0) is 65.2 Å². The van der Waals surface area contributed by atoms with Crippen LogP contribution in [0.25, 0.3) is 0 Å². The Morgan fingerprint density at radius 1 is 1.21 bits per heavy atom. The van der Waals surface area contributed by atoms with Crippen molar-refractivity contribution in [3.05, 3.63) is 62.8 Å². The number of aryl methyl sites for hydroxylation is 1. The number of benzene rings is 2. The van der Waals surface area contributed by atoms with Crippen LogP contribution >= 0.6 is 27.5 Å². The molecule has 0 aliphatic heterocycles. The Balaban J connectivity index is 2.23. The van der Waals surface area contributed by atoms with E-state index < -0.39 is 0 Å². The fraction of sp³-hybridized carbons (Fsp3) is 0.200. The topological polar surface area (TPSA) is 12.0 Å². The fourth-order valence-corrected chi connectivity index (χ4v) is 2.84. The summed E-state index contributed by atoms with van der Waals surface area (Å²) in [6.45, 7) is 4.03. The Morgan fingerprint density at radius 3 is 2.58 bits per heavy atom. The fourth-order valence-electron chi connectivity index (χ4n) is 1.90. The Bertz CT molecular complexity index is 601. The Labute approximate surface area is 125 Å². The molecule has 0 saturated heterocycles. The molecule has 2 aromatic carbocycles. The lowest BCUT2D eigenvalue weighted by Crippen LogP contribution is -2.08. The minimum atomic E-state index is -0.322. The van der Waals surface area contributed by atoms with E-state index in [9.17, 15) is 4.39 Å².